The first-order valence-electron chi connectivity index (χ1n) is 7.14. The molecule has 1 aliphatic rings. The molecule has 1 heterocycles. The molecule has 4 rings (SSSR count). The topological polar surface area (TPSA) is 50.2 Å². The van der Waals surface area contributed by atoms with E-state index in [1.807, 2.05) is 42.5 Å². The van der Waals surface area contributed by atoms with Gasteiger partial charge in [-0.05, 0) is 35.9 Å². The van der Waals surface area contributed by atoms with Crippen LogP contribution in [-0.4, -0.2) is 15.9 Å². The van der Waals surface area contributed by atoms with Crippen molar-refractivity contribution in [2.75, 3.05) is 0 Å². The third kappa shape index (κ3) is 2.07. The maximum atomic E-state index is 12.4. The zero-order chi connectivity index (χ0) is 15.1. The number of para-hydroxylation sites is 1. The van der Waals surface area contributed by atoms with E-state index in [0.29, 0.717) is 17.6 Å². The smallest absolute Gasteiger partial charge is 0.189 e. The lowest BCUT2D eigenvalue weighted by molar-refractivity contribution is 0.104. The molecule has 3 heteroatoms. The number of phenols is 1. The summed E-state index contributed by atoms with van der Waals surface area (Å²) in [7, 11) is 0. The minimum absolute atomic E-state index is 0.0270. The highest BCUT2D eigenvalue weighted by Gasteiger charge is 2.25. The van der Waals surface area contributed by atoms with E-state index >= 15 is 0 Å². The van der Waals surface area contributed by atoms with Gasteiger partial charge in [0, 0.05) is 22.9 Å². The van der Waals surface area contributed by atoms with Gasteiger partial charge in [0.1, 0.15) is 5.75 Å². The van der Waals surface area contributed by atoms with Crippen molar-refractivity contribution in [2.24, 2.45) is 0 Å². The van der Waals surface area contributed by atoms with Crippen molar-refractivity contribution in [2.45, 2.75) is 6.42 Å². The number of benzene rings is 2. The Balaban J connectivity index is 1.75. The fourth-order valence-corrected chi connectivity index (χ4v) is 2.85. The van der Waals surface area contributed by atoms with Crippen LogP contribution in [0.3, 0.4) is 0 Å². The molecular formula is C19H13NO2. The summed E-state index contributed by atoms with van der Waals surface area (Å²) in [5.74, 6) is 0.0954. The van der Waals surface area contributed by atoms with Gasteiger partial charge in [0.2, 0.25) is 0 Å². The molecule has 0 aliphatic heterocycles. The van der Waals surface area contributed by atoms with Crippen LogP contribution in [0.15, 0.2) is 60.2 Å². The van der Waals surface area contributed by atoms with Crippen molar-refractivity contribution in [3.05, 3.63) is 77.0 Å². The number of hydrogen-bond donors (Lipinski definition) is 1. The Hall–Kier alpha value is -2.94. The van der Waals surface area contributed by atoms with Gasteiger partial charge >= 0.3 is 0 Å². The standard InChI is InChI=1S/C19H13NO2/c21-16-8-6-13-9-14(19(22)17(13)11-16)10-15-7-5-12-3-1-2-4-18(12)20-15/h1-8,10-11,21H,9H2/b14-10+. The van der Waals surface area contributed by atoms with Crippen molar-refractivity contribution in [3.63, 3.8) is 0 Å². The average molecular weight is 287 g/mol. The molecule has 0 fully saturated rings. The van der Waals surface area contributed by atoms with Crippen LogP contribution in [0.4, 0.5) is 0 Å². The number of phenolic OH excluding ortho intramolecular Hbond substituents is 1. The molecule has 0 bridgehead atoms. The largest absolute Gasteiger partial charge is 0.508 e. The van der Waals surface area contributed by atoms with Gasteiger partial charge in [-0.25, -0.2) is 4.98 Å². The Morgan fingerprint density at radius 2 is 1.91 bits per heavy atom. The van der Waals surface area contributed by atoms with Crippen molar-refractivity contribution in [1.82, 2.24) is 4.98 Å². The second-order valence-electron chi connectivity index (χ2n) is 5.45. The van der Waals surface area contributed by atoms with E-state index in [2.05, 4.69) is 4.98 Å². The maximum Gasteiger partial charge on any atom is 0.189 e. The second kappa shape index (κ2) is 4.81. The first kappa shape index (κ1) is 12.8. The molecule has 0 atom stereocenters. The van der Waals surface area contributed by atoms with Crippen LogP contribution in [0.5, 0.6) is 5.75 Å². The zero-order valence-corrected chi connectivity index (χ0v) is 11.8. The molecule has 0 unspecified atom stereocenters. The van der Waals surface area contributed by atoms with Crippen molar-refractivity contribution in [1.29, 1.82) is 0 Å². The number of carbonyl (C=O) groups excluding carboxylic acids is 1. The van der Waals surface area contributed by atoms with Gasteiger partial charge < -0.3 is 5.11 Å². The summed E-state index contributed by atoms with van der Waals surface area (Å²) >= 11 is 0. The molecule has 0 radical (unpaired) electrons. The van der Waals surface area contributed by atoms with Gasteiger partial charge in [-0.3, -0.25) is 4.79 Å². The SMILES string of the molecule is O=C1/C(=C/c2ccc3ccccc3n2)Cc2ccc(O)cc21. The molecule has 22 heavy (non-hydrogen) atoms. The summed E-state index contributed by atoms with van der Waals surface area (Å²) in [5, 5.41) is 10.6. The molecule has 0 amide bonds. The minimum atomic E-state index is -0.0270. The quantitative estimate of drug-likeness (QED) is 0.693. The van der Waals surface area contributed by atoms with E-state index in [9.17, 15) is 9.90 Å². The van der Waals surface area contributed by atoms with Crippen molar-refractivity contribution >= 4 is 22.8 Å². The predicted molar refractivity (Wildman–Crippen MR) is 85.9 cm³/mol. The maximum absolute atomic E-state index is 12.4. The highest BCUT2D eigenvalue weighted by molar-refractivity contribution is 6.15. The van der Waals surface area contributed by atoms with Gasteiger partial charge in [-0.2, -0.15) is 0 Å². The minimum Gasteiger partial charge on any atom is -0.508 e. The monoisotopic (exact) mass is 287 g/mol. The Labute approximate surface area is 127 Å². The summed E-state index contributed by atoms with van der Waals surface area (Å²) in [6, 6.07) is 16.8. The van der Waals surface area contributed by atoms with E-state index in [0.717, 1.165) is 22.2 Å². The number of allylic oxidation sites excluding steroid dienone is 1. The van der Waals surface area contributed by atoms with E-state index in [4.69, 9.17) is 0 Å². The number of Topliss-reactive ketones (excluding diaryl/α,β-unsaturated/α-hetero) is 1. The lowest BCUT2D eigenvalue weighted by Crippen LogP contribution is -1.95. The van der Waals surface area contributed by atoms with Crippen LogP contribution in [0.1, 0.15) is 21.6 Å². The third-order valence-electron chi connectivity index (χ3n) is 3.95. The Morgan fingerprint density at radius 1 is 1.05 bits per heavy atom. The van der Waals surface area contributed by atoms with E-state index in [-0.39, 0.29) is 11.5 Å². The molecule has 0 saturated heterocycles. The molecule has 1 aliphatic carbocycles. The molecule has 2 aromatic carbocycles. The molecule has 1 N–H and O–H groups in total. The van der Waals surface area contributed by atoms with Gasteiger partial charge in [-0.1, -0.05) is 30.3 Å². The van der Waals surface area contributed by atoms with E-state index < -0.39 is 0 Å². The number of fused-ring (bicyclic) bond motifs is 2. The summed E-state index contributed by atoms with van der Waals surface area (Å²) in [6.07, 6.45) is 2.43. The molecule has 3 aromatic rings. The predicted octanol–water partition coefficient (Wildman–Crippen LogP) is 3.76. The van der Waals surface area contributed by atoms with Gasteiger partial charge in [0.05, 0.1) is 11.2 Å². The van der Waals surface area contributed by atoms with E-state index in [1.54, 1.807) is 12.1 Å². The number of carbonyl (C=O) groups is 1. The fourth-order valence-electron chi connectivity index (χ4n) is 2.85. The van der Waals surface area contributed by atoms with Crippen LogP contribution < -0.4 is 0 Å². The highest BCUT2D eigenvalue weighted by Crippen LogP contribution is 2.30. The van der Waals surface area contributed by atoms with Crippen molar-refractivity contribution in [3.8, 4) is 5.75 Å². The number of rotatable bonds is 1. The number of pyridine rings is 1. The summed E-state index contributed by atoms with van der Waals surface area (Å²) in [5.41, 5.74) is 3.95. The van der Waals surface area contributed by atoms with Crippen LogP contribution in [0.2, 0.25) is 0 Å². The Bertz CT molecular complexity index is 941. The highest BCUT2D eigenvalue weighted by atomic mass is 16.3. The van der Waals surface area contributed by atoms with E-state index in [1.165, 1.54) is 6.07 Å². The summed E-state index contributed by atoms with van der Waals surface area (Å²) < 4.78 is 0. The average Bonchev–Trinajstić information content (AvgIpc) is 2.83. The third-order valence-corrected chi connectivity index (χ3v) is 3.95. The van der Waals surface area contributed by atoms with Crippen LogP contribution in [0, 0.1) is 0 Å². The number of ketones is 1. The fraction of sp³-hybridized carbons (Fsp3) is 0.0526. The number of hydrogen-bond acceptors (Lipinski definition) is 3. The Kier molecular flexibility index (Phi) is 2.79. The van der Waals surface area contributed by atoms with Crippen LogP contribution >= 0.6 is 0 Å². The summed E-state index contributed by atoms with van der Waals surface area (Å²) in [6.45, 7) is 0. The Morgan fingerprint density at radius 3 is 2.82 bits per heavy atom. The lowest BCUT2D eigenvalue weighted by Gasteiger charge is -2.00. The number of aromatic nitrogens is 1. The van der Waals surface area contributed by atoms with Crippen LogP contribution in [-0.2, 0) is 6.42 Å². The summed E-state index contributed by atoms with van der Waals surface area (Å²) in [4.78, 5) is 17.0. The first-order valence-corrected chi connectivity index (χ1v) is 7.14. The van der Waals surface area contributed by atoms with Gasteiger partial charge in [0.25, 0.3) is 0 Å². The molecule has 106 valence electrons. The van der Waals surface area contributed by atoms with Crippen LogP contribution in [0.25, 0.3) is 17.0 Å². The second-order valence-corrected chi connectivity index (χ2v) is 5.45. The van der Waals surface area contributed by atoms with Crippen molar-refractivity contribution < 1.29 is 9.90 Å². The molecule has 3 nitrogen and oxygen atoms in total. The number of nitrogens with zero attached hydrogens (tertiary/aromatic N) is 1. The first-order chi connectivity index (χ1) is 10.7. The number of aromatic hydroxyl groups is 1. The lowest BCUT2D eigenvalue weighted by atomic mass is 10.1. The van der Waals surface area contributed by atoms with Gasteiger partial charge in [0.15, 0.2) is 5.78 Å². The van der Waals surface area contributed by atoms with Gasteiger partial charge in [-0.15, -0.1) is 0 Å². The normalized spacial score (nSPS) is 15.5. The molecule has 0 saturated carbocycles. The molecule has 1 aromatic heterocycles. The zero-order valence-electron chi connectivity index (χ0n) is 11.8. The molecule has 0 spiro atoms. The molecular weight excluding hydrogens is 274 g/mol.